The second-order valence-electron chi connectivity index (χ2n) is 23.1. The molecule has 0 radical (unpaired) electrons. The average Bonchev–Trinajstić information content (AvgIpc) is 3.82. The zero-order valence-corrected chi connectivity index (χ0v) is 38.4. The third-order valence-electron chi connectivity index (χ3n) is 19.0. The molecule has 8 fully saturated rings. The summed E-state index contributed by atoms with van der Waals surface area (Å²) < 4.78 is 37.3. The van der Waals surface area contributed by atoms with Crippen LogP contribution in [0.25, 0.3) is 0 Å². The molecule has 8 aliphatic rings. The lowest BCUT2D eigenvalue weighted by atomic mass is 9.41. The van der Waals surface area contributed by atoms with Gasteiger partial charge in [0.1, 0.15) is 61.0 Å². The van der Waals surface area contributed by atoms with Crippen LogP contribution in [0, 0.1) is 50.7 Å². The van der Waals surface area contributed by atoms with Crippen LogP contribution < -0.4 is 0 Å². The van der Waals surface area contributed by atoms with Crippen LogP contribution in [-0.2, 0) is 28.4 Å². The van der Waals surface area contributed by atoms with Crippen LogP contribution in [0.3, 0.4) is 0 Å². The SMILES string of the molecule is C[C@H](CC[C@H](O)C(C)(C)O)[C@H]1[C@@H](O)C[C@@]2(C)[C@@H]3C[C@H](O[C@@H]4O[C@H](CO)[C@@H](O)[C@H](O)[C@H]4O)[C@H]4C(C)(C)[C@@H](O[C@@H]5OC[C@@H](O)[C@H](O)[C@H]5O[C@H]5OC[C@@H](O)[C@@H](O)[C@@H]5O)CC[C@@]45C[C@@]35CC[C@]12C. The Kier molecular flexibility index (Phi) is 13.4. The van der Waals surface area contributed by atoms with E-state index in [9.17, 15) is 61.3 Å². The first kappa shape index (κ1) is 49.7. The zero-order valence-electron chi connectivity index (χ0n) is 38.4. The van der Waals surface area contributed by atoms with E-state index in [1.807, 2.05) is 0 Å². The second kappa shape index (κ2) is 17.3. The Labute approximate surface area is 375 Å². The van der Waals surface area contributed by atoms with Crippen molar-refractivity contribution in [3.8, 4) is 0 Å². The van der Waals surface area contributed by atoms with Gasteiger partial charge in [0, 0.05) is 0 Å². The first-order valence-electron chi connectivity index (χ1n) is 23.8. The van der Waals surface area contributed by atoms with Gasteiger partial charge in [0.05, 0.1) is 49.8 Å². The molecule has 5 saturated carbocycles. The third-order valence-corrected chi connectivity index (χ3v) is 19.0. The average molecular weight is 919 g/mol. The molecule has 18 heteroatoms. The Morgan fingerprint density at radius 3 is 1.98 bits per heavy atom. The van der Waals surface area contributed by atoms with Crippen molar-refractivity contribution in [1.82, 2.24) is 0 Å². The molecule has 0 bridgehead atoms. The minimum absolute atomic E-state index is 0.0455. The molecule has 18 nitrogen and oxygen atoms in total. The molecule has 3 aliphatic heterocycles. The van der Waals surface area contributed by atoms with Crippen molar-refractivity contribution >= 4 is 0 Å². The van der Waals surface area contributed by atoms with Gasteiger partial charge in [-0.2, -0.15) is 0 Å². The van der Waals surface area contributed by atoms with Crippen molar-refractivity contribution in [2.24, 2.45) is 50.7 Å². The van der Waals surface area contributed by atoms with Crippen LogP contribution in [0.5, 0.6) is 0 Å². The first-order chi connectivity index (χ1) is 29.8. The van der Waals surface area contributed by atoms with Crippen molar-refractivity contribution in [2.75, 3.05) is 19.8 Å². The Bertz CT molecular complexity index is 1650. The van der Waals surface area contributed by atoms with Crippen LogP contribution in [0.15, 0.2) is 0 Å². The van der Waals surface area contributed by atoms with Crippen LogP contribution in [0.2, 0.25) is 0 Å². The molecule has 3 heterocycles. The summed E-state index contributed by atoms with van der Waals surface area (Å²) in [6.07, 6.45) is -15.7. The largest absolute Gasteiger partial charge is 0.394 e. The summed E-state index contributed by atoms with van der Waals surface area (Å²) in [7, 11) is 0. The van der Waals surface area contributed by atoms with Gasteiger partial charge in [0.2, 0.25) is 0 Å². The predicted molar refractivity (Wildman–Crippen MR) is 222 cm³/mol. The molecule has 12 N–H and O–H groups in total. The molecule has 0 amide bonds. The van der Waals surface area contributed by atoms with E-state index in [0.29, 0.717) is 38.5 Å². The molecular formula is C46H78O18. The van der Waals surface area contributed by atoms with E-state index < -0.39 is 122 Å². The van der Waals surface area contributed by atoms with Crippen LogP contribution in [0.4, 0.5) is 0 Å². The fraction of sp³-hybridized carbons (Fsp3) is 1.00. The Balaban J connectivity index is 1.10. The van der Waals surface area contributed by atoms with E-state index >= 15 is 0 Å². The van der Waals surface area contributed by atoms with E-state index in [2.05, 4.69) is 34.6 Å². The summed E-state index contributed by atoms with van der Waals surface area (Å²) in [5.41, 5.74) is -3.06. The molecule has 8 rings (SSSR count). The van der Waals surface area contributed by atoms with Gasteiger partial charge in [-0.25, -0.2) is 0 Å². The van der Waals surface area contributed by atoms with Gasteiger partial charge >= 0.3 is 0 Å². The zero-order chi connectivity index (χ0) is 46.9. The van der Waals surface area contributed by atoms with Gasteiger partial charge in [0.15, 0.2) is 18.9 Å². The molecule has 0 aromatic heterocycles. The van der Waals surface area contributed by atoms with Gasteiger partial charge in [0.25, 0.3) is 0 Å². The van der Waals surface area contributed by atoms with E-state index in [0.717, 1.165) is 19.3 Å². The summed E-state index contributed by atoms with van der Waals surface area (Å²) in [6, 6.07) is 0. The number of ether oxygens (including phenoxy) is 6. The normalized spacial score (nSPS) is 54.5. The van der Waals surface area contributed by atoms with Crippen molar-refractivity contribution in [2.45, 2.75) is 216 Å². The van der Waals surface area contributed by atoms with Gasteiger partial charge in [-0.05, 0) is 122 Å². The smallest absolute Gasteiger partial charge is 0.186 e. The van der Waals surface area contributed by atoms with Crippen molar-refractivity contribution in [3.05, 3.63) is 0 Å². The number of hydrogen-bond donors (Lipinski definition) is 12. The third kappa shape index (κ3) is 7.68. The van der Waals surface area contributed by atoms with Crippen molar-refractivity contribution in [1.29, 1.82) is 0 Å². The maximum Gasteiger partial charge on any atom is 0.186 e. The fourth-order valence-corrected chi connectivity index (χ4v) is 15.4. The Morgan fingerprint density at radius 1 is 0.688 bits per heavy atom. The second-order valence-corrected chi connectivity index (χ2v) is 23.1. The van der Waals surface area contributed by atoms with Crippen LogP contribution >= 0.6 is 0 Å². The molecule has 25 atom stereocenters. The lowest BCUT2D eigenvalue weighted by Gasteiger charge is -2.65. The monoisotopic (exact) mass is 919 g/mol. The highest BCUT2D eigenvalue weighted by Crippen LogP contribution is 2.89. The molecule has 5 aliphatic carbocycles. The van der Waals surface area contributed by atoms with Crippen molar-refractivity contribution in [3.63, 3.8) is 0 Å². The van der Waals surface area contributed by atoms with Crippen LogP contribution in [0.1, 0.15) is 106 Å². The van der Waals surface area contributed by atoms with E-state index in [1.54, 1.807) is 13.8 Å². The van der Waals surface area contributed by atoms with Gasteiger partial charge < -0.3 is 89.7 Å². The number of aliphatic hydroxyl groups is 12. The Morgan fingerprint density at radius 2 is 1.33 bits per heavy atom. The van der Waals surface area contributed by atoms with Gasteiger partial charge in [-0.15, -0.1) is 0 Å². The van der Waals surface area contributed by atoms with E-state index in [-0.39, 0.29) is 58.5 Å². The topological polar surface area (TPSA) is 298 Å². The first-order valence-corrected chi connectivity index (χ1v) is 23.8. The molecule has 0 aromatic carbocycles. The highest BCUT2D eigenvalue weighted by atomic mass is 16.8. The summed E-state index contributed by atoms with van der Waals surface area (Å²) in [4.78, 5) is 0. The summed E-state index contributed by atoms with van der Waals surface area (Å²) in [6.45, 7) is 12.9. The summed E-state index contributed by atoms with van der Waals surface area (Å²) in [5.74, 6) is -0.226. The summed E-state index contributed by atoms with van der Waals surface area (Å²) in [5, 5.41) is 129. The molecule has 0 unspecified atom stereocenters. The summed E-state index contributed by atoms with van der Waals surface area (Å²) >= 11 is 0. The molecule has 370 valence electrons. The van der Waals surface area contributed by atoms with E-state index in [4.69, 9.17) is 28.4 Å². The lowest BCUT2D eigenvalue weighted by Crippen LogP contribution is -2.65. The number of rotatable bonds is 12. The molecule has 2 spiro atoms. The lowest BCUT2D eigenvalue weighted by molar-refractivity contribution is -0.360. The number of hydrogen-bond acceptors (Lipinski definition) is 18. The molecule has 64 heavy (non-hydrogen) atoms. The minimum atomic E-state index is -1.67. The molecular weight excluding hydrogens is 840 g/mol. The van der Waals surface area contributed by atoms with Crippen molar-refractivity contribution < 1.29 is 89.7 Å². The van der Waals surface area contributed by atoms with Gasteiger partial charge in [-0.3, -0.25) is 0 Å². The molecule has 0 aromatic rings. The van der Waals surface area contributed by atoms with Gasteiger partial charge in [-0.1, -0.05) is 34.6 Å². The predicted octanol–water partition coefficient (Wildman–Crippen LogP) is -0.973. The van der Waals surface area contributed by atoms with E-state index in [1.165, 1.54) is 0 Å². The number of aliphatic hydroxyl groups excluding tert-OH is 11. The highest BCUT2D eigenvalue weighted by Gasteiger charge is 2.85. The number of fused-ring (bicyclic) bond motifs is 2. The van der Waals surface area contributed by atoms with Crippen LogP contribution in [-0.4, -0.2) is 191 Å². The quantitative estimate of drug-likeness (QED) is 0.105. The highest BCUT2D eigenvalue weighted by molar-refractivity contribution is 5.33. The standard InChI is InChI=1S/C46H78O18/c1-20(8-9-27(51)42(4,5)58)29-21(48)15-44(7)26-14-24(61-39-35(57)33(55)32(54)25(16-47)62-39)37-41(2,3)28(10-11-46(37)19-45(26,46)13-12-43(29,44)6)63-40-36(31(53)23(50)18-60-40)64-38-34(56)30(52)22(49)17-59-38/h20-40,47-58H,8-19H2,1-7H3/t20-,21+,22-,23-,24+,25-,26+,27+,28+,29+,30-,31+,32-,33+,34+,35-,36-,37+,38-,39-,40+,43-,44+,45+,46-/m1/s1. The maximum atomic E-state index is 12.1. The molecule has 3 saturated heterocycles. The fourth-order valence-electron chi connectivity index (χ4n) is 15.4. The maximum absolute atomic E-state index is 12.1. The minimum Gasteiger partial charge on any atom is -0.394 e. The Hall–Kier alpha value is -0.720.